The highest BCUT2D eigenvalue weighted by Crippen LogP contribution is 2.20. The van der Waals surface area contributed by atoms with Crippen LogP contribution in [0.15, 0.2) is 0 Å². The first-order valence-corrected chi connectivity index (χ1v) is 28.4. The van der Waals surface area contributed by atoms with Crippen LogP contribution in [0, 0.1) is 0 Å². The van der Waals surface area contributed by atoms with Crippen molar-refractivity contribution in [3.63, 3.8) is 0 Å². The third-order valence-electron chi connectivity index (χ3n) is 3.47. The second-order valence-corrected chi connectivity index (χ2v) is 29.9. The summed E-state index contributed by atoms with van der Waals surface area (Å²) < 4.78 is 46.8. The van der Waals surface area contributed by atoms with E-state index in [1.807, 2.05) is 32.7 Å². The largest absolute Gasteiger partial charge is 0.420 e. The van der Waals surface area contributed by atoms with E-state index in [9.17, 15) is 0 Å². The molecule has 2 saturated heterocycles. The highest BCUT2D eigenvalue weighted by atomic mass is 28.5. The van der Waals surface area contributed by atoms with Gasteiger partial charge in [-0.1, -0.05) is 0 Å². The zero-order valence-corrected chi connectivity index (χ0v) is 27.4. The van der Waals surface area contributed by atoms with Gasteiger partial charge in [-0.3, -0.25) is 0 Å². The van der Waals surface area contributed by atoms with Gasteiger partial charge < -0.3 is 32.9 Å². The normalized spacial score (nSPS) is 39.0. The van der Waals surface area contributed by atoms with Crippen molar-refractivity contribution < 1.29 is 32.9 Å². The molecule has 2 unspecified atom stereocenters. The fourth-order valence-electron chi connectivity index (χ4n) is 3.16. The van der Waals surface area contributed by atoms with E-state index in [2.05, 4.69) is 39.3 Å². The molecule has 2 heterocycles. The lowest BCUT2D eigenvalue weighted by molar-refractivity contribution is 0.265. The average Bonchev–Trinajstić information content (AvgIpc) is 2.29. The maximum Gasteiger partial charge on any atom is 0.313 e. The summed E-state index contributed by atoms with van der Waals surface area (Å²) in [7, 11) is -13.4. The van der Waals surface area contributed by atoms with E-state index < -0.39 is 72.1 Å². The summed E-state index contributed by atoms with van der Waals surface area (Å²) >= 11 is 0. The fraction of sp³-hybridized carbons (Fsp3) is 1.00. The Morgan fingerprint density at radius 1 is 0.370 bits per heavy atom. The number of hydrogen-bond donors (Lipinski definition) is 0. The Balaban J connectivity index is 0.000000271. The van der Waals surface area contributed by atoms with E-state index in [-0.39, 0.29) is 0 Å². The molecule has 2 fully saturated rings. The van der Waals surface area contributed by atoms with Crippen LogP contribution in [0.5, 0.6) is 0 Å². The van der Waals surface area contributed by atoms with Gasteiger partial charge in [0.05, 0.1) is 0 Å². The lowest BCUT2D eigenvalue weighted by Crippen LogP contribution is -2.55. The van der Waals surface area contributed by atoms with Gasteiger partial charge in [0, 0.05) is 0 Å². The average molecular weight is 523 g/mol. The molecule has 0 aromatic carbocycles. The SMILES string of the molecule is C[SiH]1O[SiH](C)O[Si](C)(C)O[SiH](C)O1.C[SiH]1O[Si](C)(C)O[SiH](C)O[Si](C)(C)O1. The van der Waals surface area contributed by atoms with Gasteiger partial charge in [0.1, 0.15) is 0 Å². The first kappa shape index (κ1) is 26.5. The van der Waals surface area contributed by atoms with E-state index >= 15 is 0 Å². The summed E-state index contributed by atoms with van der Waals surface area (Å²) in [6, 6.07) is 0. The van der Waals surface area contributed by atoms with Gasteiger partial charge in [0.2, 0.25) is 0 Å². The zero-order valence-electron chi connectivity index (χ0n) is 18.7. The molecule has 2 atom stereocenters. The molecule has 162 valence electrons. The molecule has 0 N–H and O–H groups in total. The molecule has 0 aliphatic carbocycles. The third kappa shape index (κ3) is 11.4. The van der Waals surface area contributed by atoms with Gasteiger partial charge >= 0.3 is 44.3 Å². The molecule has 27 heavy (non-hydrogen) atoms. The monoisotopic (exact) mass is 522 g/mol. The molecule has 2 aliphatic heterocycles. The van der Waals surface area contributed by atoms with Crippen molar-refractivity contribution in [1.82, 2.24) is 0 Å². The van der Waals surface area contributed by atoms with Crippen LogP contribution >= 0.6 is 0 Å². The Morgan fingerprint density at radius 2 is 0.593 bits per heavy atom. The van der Waals surface area contributed by atoms with Gasteiger partial charge in [-0.2, -0.15) is 0 Å². The fourth-order valence-corrected chi connectivity index (χ4v) is 32.4. The minimum absolute atomic E-state index is 1.45. The predicted octanol–water partition coefficient (Wildman–Crippen LogP) is 1.49. The molecule has 0 saturated carbocycles. The summed E-state index contributed by atoms with van der Waals surface area (Å²) in [5.74, 6) is 0. The van der Waals surface area contributed by atoms with Crippen LogP contribution in [0.2, 0.25) is 72.0 Å². The molecule has 0 radical (unpaired) electrons. The Kier molecular flexibility index (Phi) is 10.4. The summed E-state index contributed by atoms with van der Waals surface area (Å²) in [5.41, 5.74) is 0. The summed E-state index contributed by atoms with van der Waals surface area (Å²) in [4.78, 5) is 0. The van der Waals surface area contributed by atoms with Crippen molar-refractivity contribution in [2.45, 2.75) is 72.0 Å². The summed E-state index contributed by atoms with van der Waals surface area (Å²) in [6.45, 7) is 22.6. The van der Waals surface area contributed by atoms with Crippen molar-refractivity contribution >= 4 is 72.1 Å². The maximum atomic E-state index is 5.91. The predicted molar refractivity (Wildman–Crippen MR) is 126 cm³/mol. The Bertz CT molecular complexity index is 416. The Hall–Kier alpha value is 1.42. The molecule has 0 spiro atoms. The highest BCUT2D eigenvalue weighted by Gasteiger charge is 2.40. The number of rotatable bonds is 0. The van der Waals surface area contributed by atoms with E-state index in [0.29, 0.717) is 0 Å². The van der Waals surface area contributed by atoms with Crippen LogP contribution in [0.3, 0.4) is 0 Å². The van der Waals surface area contributed by atoms with Crippen LogP contribution in [0.4, 0.5) is 0 Å². The van der Waals surface area contributed by atoms with Gasteiger partial charge in [-0.05, 0) is 72.0 Å². The van der Waals surface area contributed by atoms with Crippen molar-refractivity contribution in [2.24, 2.45) is 0 Å². The molecule has 16 heteroatoms. The van der Waals surface area contributed by atoms with Crippen LogP contribution in [-0.2, 0) is 32.9 Å². The standard InChI is InChI=1S/C6H20O4Si4.C5H18O4Si4/c1-11-7-13(3,4)9-12(2)10-14(5,6)8-11;1-10-6-11(2)8-13(4,5)9-12(3)7-10/h11-12H,1-6H3;10-12H,1-5H3. The number of hydrogen-bond acceptors (Lipinski definition) is 8. The van der Waals surface area contributed by atoms with Crippen LogP contribution in [0.25, 0.3) is 0 Å². The lowest BCUT2D eigenvalue weighted by atomic mass is 11.9. The lowest BCUT2D eigenvalue weighted by Gasteiger charge is -2.38. The van der Waals surface area contributed by atoms with Gasteiger partial charge in [-0.15, -0.1) is 0 Å². The van der Waals surface area contributed by atoms with E-state index in [1.54, 1.807) is 0 Å². The van der Waals surface area contributed by atoms with Gasteiger partial charge in [-0.25, -0.2) is 0 Å². The first-order valence-electron chi connectivity index (χ1n) is 9.47. The zero-order chi connectivity index (χ0) is 21.0. The van der Waals surface area contributed by atoms with E-state index in [4.69, 9.17) is 32.9 Å². The van der Waals surface area contributed by atoms with Crippen molar-refractivity contribution in [3.05, 3.63) is 0 Å². The van der Waals surface area contributed by atoms with Gasteiger partial charge in [0.15, 0.2) is 0 Å². The van der Waals surface area contributed by atoms with Crippen molar-refractivity contribution in [3.8, 4) is 0 Å². The third-order valence-corrected chi connectivity index (χ3v) is 31.2. The molecule has 0 bridgehead atoms. The quantitative estimate of drug-likeness (QED) is 0.443. The second kappa shape index (κ2) is 10.6. The van der Waals surface area contributed by atoms with Crippen LogP contribution in [-0.4, -0.2) is 72.1 Å². The highest BCUT2D eigenvalue weighted by molar-refractivity contribution is 6.84. The topological polar surface area (TPSA) is 73.8 Å². The molecule has 2 rings (SSSR count). The van der Waals surface area contributed by atoms with Crippen LogP contribution in [0.1, 0.15) is 0 Å². The Morgan fingerprint density at radius 3 is 0.852 bits per heavy atom. The van der Waals surface area contributed by atoms with Crippen molar-refractivity contribution in [2.75, 3.05) is 0 Å². The molecule has 8 nitrogen and oxygen atoms in total. The second-order valence-electron chi connectivity index (χ2n) is 8.02. The minimum Gasteiger partial charge on any atom is -0.420 e. The minimum atomic E-state index is -1.97. The molecule has 0 aromatic heterocycles. The summed E-state index contributed by atoms with van der Waals surface area (Å²) in [6.07, 6.45) is 0. The molecule has 0 amide bonds. The van der Waals surface area contributed by atoms with Gasteiger partial charge in [0.25, 0.3) is 27.9 Å². The van der Waals surface area contributed by atoms with Crippen LogP contribution < -0.4 is 0 Å². The van der Waals surface area contributed by atoms with E-state index in [1.165, 1.54) is 0 Å². The maximum absolute atomic E-state index is 5.91. The molecular formula is C11H38O8Si8. The first-order chi connectivity index (χ1) is 12.1. The van der Waals surface area contributed by atoms with Crippen molar-refractivity contribution in [1.29, 1.82) is 0 Å². The molecule has 2 aliphatic rings. The molecule has 0 aromatic rings. The molecular weight excluding hydrogens is 485 g/mol. The Labute approximate surface area is 176 Å². The smallest absolute Gasteiger partial charge is 0.313 e. The summed E-state index contributed by atoms with van der Waals surface area (Å²) in [5, 5.41) is 0. The van der Waals surface area contributed by atoms with E-state index in [0.717, 1.165) is 0 Å².